The van der Waals surface area contributed by atoms with Gasteiger partial charge in [0.05, 0.1) is 31.4 Å². The van der Waals surface area contributed by atoms with Crippen LogP contribution in [0, 0.1) is 19.7 Å². The van der Waals surface area contributed by atoms with Crippen LogP contribution in [0.2, 0.25) is 0 Å². The van der Waals surface area contributed by atoms with Crippen molar-refractivity contribution in [3.8, 4) is 11.4 Å². The molecule has 0 fully saturated rings. The van der Waals surface area contributed by atoms with Crippen LogP contribution in [-0.4, -0.2) is 59.8 Å². The fourth-order valence-corrected chi connectivity index (χ4v) is 3.96. The number of hydrogen-bond acceptors (Lipinski definition) is 7. The lowest BCUT2D eigenvalue weighted by Gasteiger charge is -2.35. The summed E-state index contributed by atoms with van der Waals surface area (Å²) in [5.41, 5.74) is 1.65. The number of nitrogens with one attached hydrogen (secondary N) is 1. The van der Waals surface area contributed by atoms with Gasteiger partial charge < -0.3 is 19.5 Å². The van der Waals surface area contributed by atoms with Crippen LogP contribution >= 0.6 is 0 Å². The molecule has 3 aromatic heterocycles. The van der Waals surface area contributed by atoms with Crippen LogP contribution in [0.5, 0.6) is 0 Å². The number of carbonyl (C=O) groups excluding carboxylic acids is 1. The molecule has 0 saturated carbocycles. The van der Waals surface area contributed by atoms with Gasteiger partial charge in [-0.2, -0.15) is 5.10 Å². The van der Waals surface area contributed by atoms with Gasteiger partial charge in [-0.05, 0) is 36.6 Å². The van der Waals surface area contributed by atoms with Gasteiger partial charge in [0, 0.05) is 45.6 Å². The zero-order valence-electron chi connectivity index (χ0n) is 24.9. The molecular formula is C25H27FN8O2. The van der Waals surface area contributed by atoms with E-state index in [1.54, 1.807) is 50.2 Å². The number of halogens is 1. The highest BCUT2D eigenvalue weighted by molar-refractivity contribution is 5.92. The zero-order valence-corrected chi connectivity index (χ0v) is 19.9. The number of aromatic nitrogens is 6. The second-order valence-corrected chi connectivity index (χ2v) is 8.51. The number of carbonyl (C=O) groups is 1. The largest absolute Gasteiger partial charge is 0.382 e. The lowest BCUT2D eigenvalue weighted by Crippen LogP contribution is -2.49. The molecule has 1 aromatic carbocycles. The molecule has 1 amide bonds. The first-order chi connectivity index (χ1) is 19.2. The van der Waals surface area contributed by atoms with Crippen LogP contribution in [0.1, 0.15) is 34.2 Å². The second-order valence-electron chi connectivity index (χ2n) is 8.51. The molecule has 10 nitrogen and oxygen atoms in total. The highest BCUT2D eigenvalue weighted by Crippen LogP contribution is 2.27. The third-order valence-electron chi connectivity index (χ3n) is 5.93. The molecule has 1 atom stereocenters. The molecular weight excluding hydrogens is 463 g/mol. The van der Waals surface area contributed by atoms with Crippen LogP contribution in [0.15, 0.2) is 42.9 Å². The average Bonchev–Trinajstić information content (AvgIpc) is 3.51. The van der Waals surface area contributed by atoms with Crippen molar-refractivity contribution in [2.75, 3.05) is 19.0 Å². The Kier molecular flexibility index (Phi) is 4.80. The van der Waals surface area contributed by atoms with E-state index in [2.05, 4.69) is 25.4 Å². The van der Waals surface area contributed by atoms with Gasteiger partial charge in [0.15, 0.2) is 5.82 Å². The first kappa shape index (κ1) is 18.2. The van der Waals surface area contributed by atoms with Crippen molar-refractivity contribution >= 4 is 17.7 Å². The van der Waals surface area contributed by atoms with Gasteiger partial charge in [0.25, 0.3) is 5.91 Å². The molecule has 0 unspecified atom stereocenters. The summed E-state index contributed by atoms with van der Waals surface area (Å²) in [6, 6.07) is 4.53. The minimum Gasteiger partial charge on any atom is -0.382 e. The Bertz CT molecular complexity index is 1620. The van der Waals surface area contributed by atoms with E-state index in [-0.39, 0.29) is 23.9 Å². The number of anilines is 2. The third-order valence-corrected chi connectivity index (χ3v) is 5.93. The highest BCUT2D eigenvalue weighted by Gasteiger charge is 2.35. The first-order valence-electron chi connectivity index (χ1n) is 13.6. The van der Waals surface area contributed by atoms with Crippen molar-refractivity contribution in [2.24, 2.45) is 7.05 Å². The van der Waals surface area contributed by atoms with Gasteiger partial charge in [-0.3, -0.25) is 9.48 Å². The summed E-state index contributed by atoms with van der Waals surface area (Å²) in [7, 11) is -1.01. The number of aryl methyl sites for hydroxylation is 3. The third kappa shape index (κ3) is 4.44. The highest BCUT2D eigenvalue weighted by atomic mass is 19.1. The Balaban J connectivity index is 1.53. The first-order valence-corrected chi connectivity index (χ1v) is 11.1. The van der Waals surface area contributed by atoms with E-state index in [1.165, 1.54) is 16.7 Å². The average molecular weight is 496 g/mol. The molecule has 11 heteroatoms. The number of fused-ring (bicyclic) bond motifs is 1. The summed E-state index contributed by atoms with van der Waals surface area (Å²) in [5, 5.41) is 7.17. The molecule has 186 valence electrons. The van der Waals surface area contributed by atoms with Crippen LogP contribution in [0.3, 0.4) is 0 Å². The van der Waals surface area contributed by atoms with Gasteiger partial charge in [-0.25, -0.2) is 19.3 Å². The van der Waals surface area contributed by atoms with Crippen LogP contribution in [0.4, 0.5) is 16.2 Å². The fraction of sp³-hybridized carbons (Fsp3) is 0.320. The fourth-order valence-electron chi connectivity index (χ4n) is 3.96. The van der Waals surface area contributed by atoms with E-state index in [4.69, 9.17) is 11.6 Å². The maximum atomic E-state index is 14.4. The van der Waals surface area contributed by atoms with Gasteiger partial charge in [0.2, 0.25) is 5.95 Å². The van der Waals surface area contributed by atoms with Gasteiger partial charge in [-0.1, -0.05) is 12.1 Å². The molecule has 36 heavy (non-hydrogen) atoms. The van der Waals surface area contributed by atoms with Crippen molar-refractivity contribution in [3.63, 3.8) is 0 Å². The number of imidazole rings is 1. The molecule has 1 aliphatic heterocycles. The summed E-state index contributed by atoms with van der Waals surface area (Å²) >= 11 is 0. The number of methoxy groups -OCH3 is 1. The number of nitrogens with zero attached hydrogens (tertiary/aromatic N) is 7. The van der Waals surface area contributed by atoms with E-state index in [1.807, 2.05) is 0 Å². The monoisotopic (exact) mass is 495 g/mol. The maximum absolute atomic E-state index is 14.4. The Morgan fingerprint density at radius 1 is 1.28 bits per heavy atom. The number of benzene rings is 1. The topological polar surface area (TPSA) is 103 Å². The normalized spacial score (nSPS) is 18.1. The van der Waals surface area contributed by atoms with Crippen molar-refractivity contribution < 1.29 is 20.8 Å². The van der Waals surface area contributed by atoms with Crippen LogP contribution < -0.4 is 5.32 Å². The van der Waals surface area contributed by atoms with Crippen LogP contribution in [0.25, 0.3) is 11.4 Å². The Hall–Kier alpha value is -4.12. The summed E-state index contributed by atoms with van der Waals surface area (Å²) in [6.45, 7) is 0.291. The number of hydrogen-bond donors (Lipinski definition) is 1. The molecule has 5 rings (SSSR count). The van der Waals surface area contributed by atoms with Gasteiger partial charge >= 0.3 is 0 Å². The molecule has 0 aliphatic carbocycles. The summed E-state index contributed by atoms with van der Waals surface area (Å²) in [5.74, 6) is -0.602. The lowest BCUT2D eigenvalue weighted by atomic mass is 10.1. The number of rotatable bonds is 7. The van der Waals surface area contributed by atoms with E-state index < -0.39 is 37.9 Å². The molecule has 1 aliphatic rings. The van der Waals surface area contributed by atoms with Crippen molar-refractivity contribution in [2.45, 2.75) is 32.9 Å². The number of ether oxygens (including phenoxy) is 1. The standard InChI is InChI=1S/C25H27FN8O2/c1-15-5-6-17(9-19(15)26)11-34-18(14-36-4)12-33-13-20(29-23(33)24(34)35)22-16(2)10-27-25(31-22)30-21-7-8-28-32(21)3/h5-10,13,18H,11-12,14H2,1-4H3,(H,27,30,31)/t18-/m1/s1/i4D3,11D2. The summed E-state index contributed by atoms with van der Waals surface area (Å²) in [4.78, 5) is 28.1. The van der Waals surface area contributed by atoms with Gasteiger partial charge in [-0.15, -0.1) is 0 Å². The van der Waals surface area contributed by atoms with Gasteiger partial charge in [0.1, 0.15) is 17.3 Å². The minimum atomic E-state index is -2.77. The predicted molar refractivity (Wildman–Crippen MR) is 131 cm³/mol. The van der Waals surface area contributed by atoms with E-state index in [0.717, 1.165) is 11.0 Å². The molecule has 0 saturated heterocycles. The second kappa shape index (κ2) is 9.50. The van der Waals surface area contributed by atoms with E-state index >= 15 is 0 Å². The molecule has 1 N–H and O–H groups in total. The molecule has 4 heterocycles. The Morgan fingerprint density at radius 2 is 2.14 bits per heavy atom. The van der Waals surface area contributed by atoms with Crippen molar-refractivity contribution in [1.29, 1.82) is 0 Å². The summed E-state index contributed by atoms with van der Waals surface area (Å²) in [6.07, 6.45) is 4.82. The quantitative estimate of drug-likeness (QED) is 0.420. The lowest BCUT2D eigenvalue weighted by molar-refractivity contribution is 0.0380. The Morgan fingerprint density at radius 3 is 2.89 bits per heavy atom. The summed E-state index contributed by atoms with van der Waals surface area (Å²) < 4.78 is 62.6. The van der Waals surface area contributed by atoms with E-state index in [9.17, 15) is 9.18 Å². The smallest absolute Gasteiger partial charge is 0.290 e. The maximum Gasteiger partial charge on any atom is 0.290 e. The zero-order chi connectivity index (χ0) is 29.7. The minimum absolute atomic E-state index is 0.0255. The predicted octanol–water partition coefficient (Wildman–Crippen LogP) is 3.24. The molecule has 0 radical (unpaired) electrons. The Labute approximate surface area is 214 Å². The number of amides is 1. The molecule has 0 bridgehead atoms. The van der Waals surface area contributed by atoms with Crippen LogP contribution in [-0.2, 0) is 24.8 Å². The molecule has 4 aromatic rings. The van der Waals surface area contributed by atoms with Crippen molar-refractivity contribution in [3.05, 3.63) is 71.2 Å². The van der Waals surface area contributed by atoms with Crippen molar-refractivity contribution in [1.82, 2.24) is 34.2 Å². The molecule has 0 spiro atoms. The van der Waals surface area contributed by atoms with E-state index in [0.29, 0.717) is 28.3 Å². The SMILES string of the molecule is [2H]C([2H])([2H])OC[C@H]1Cn2cc(-c3nc(Nc4ccnn4C)ncc3C)nc2C(=O)N1C([2H])([2H])c1ccc(C)c(F)c1.